The van der Waals surface area contributed by atoms with Crippen molar-refractivity contribution in [2.75, 3.05) is 13.7 Å². The molecule has 2 heteroatoms. The van der Waals surface area contributed by atoms with Crippen molar-refractivity contribution in [1.82, 2.24) is 5.32 Å². The van der Waals surface area contributed by atoms with Crippen LogP contribution in [0.1, 0.15) is 46.5 Å². The molecule has 0 bridgehead atoms. The third-order valence-corrected chi connectivity index (χ3v) is 3.53. The van der Waals surface area contributed by atoms with E-state index in [1.807, 2.05) is 7.11 Å². The summed E-state index contributed by atoms with van der Waals surface area (Å²) >= 11 is 0. The van der Waals surface area contributed by atoms with Gasteiger partial charge in [-0.1, -0.05) is 13.8 Å². The molecule has 84 valence electrons. The highest BCUT2D eigenvalue weighted by atomic mass is 16.5. The minimum absolute atomic E-state index is 0.0241. The standard InChI is InChI=1S/C12H25NO/c1-5-9-13-11(10-7-8-10)12(3,6-2)14-4/h10-11,13H,5-9H2,1-4H3. The molecule has 0 spiro atoms. The largest absolute Gasteiger partial charge is 0.377 e. The molecule has 1 aliphatic carbocycles. The first kappa shape index (κ1) is 12.0. The van der Waals surface area contributed by atoms with Gasteiger partial charge in [0.05, 0.1) is 5.60 Å². The quantitative estimate of drug-likeness (QED) is 0.680. The van der Waals surface area contributed by atoms with Crippen molar-refractivity contribution in [2.45, 2.75) is 58.1 Å². The summed E-state index contributed by atoms with van der Waals surface area (Å²) in [7, 11) is 1.84. The Labute approximate surface area is 88.4 Å². The van der Waals surface area contributed by atoms with Gasteiger partial charge >= 0.3 is 0 Å². The molecule has 0 aromatic carbocycles. The predicted octanol–water partition coefficient (Wildman–Crippen LogP) is 2.58. The summed E-state index contributed by atoms with van der Waals surface area (Å²) in [6.45, 7) is 7.78. The van der Waals surface area contributed by atoms with E-state index >= 15 is 0 Å². The highest BCUT2D eigenvalue weighted by Gasteiger charge is 2.42. The molecule has 0 aliphatic heterocycles. The Bertz CT molecular complexity index is 162. The topological polar surface area (TPSA) is 21.3 Å². The Morgan fingerprint density at radius 2 is 2.07 bits per heavy atom. The van der Waals surface area contributed by atoms with Gasteiger partial charge in [0.2, 0.25) is 0 Å². The zero-order chi connectivity index (χ0) is 10.6. The Hall–Kier alpha value is -0.0800. The van der Waals surface area contributed by atoms with E-state index in [0.717, 1.165) is 18.9 Å². The second-order valence-electron chi connectivity index (χ2n) is 4.64. The summed E-state index contributed by atoms with van der Waals surface area (Å²) in [5.74, 6) is 0.853. The number of methoxy groups -OCH3 is 1. The van der Waals surface area contributed by atoms with Crippen LogP contribution in [-0.4, -0.2) is 25.3 Å². The van der Waals surface area contributed by atoms with Gasteiger partial charge in [-0.05, 0) is 45.1 Å². The van der Waals surface area contributed by atoms with E-state index in [9.17, 15) is 0 Å². The molecule has 1 rings (SSSR count). The first-order valence-corrected chi connectivity index (χ1v) is 5.96. The first-order valence-electron chi connectivity index (χ1n) is 5.96. The summed E-state index contributed by atoms with van der Waals surface area (Å²) in [6.07, 6.45) is 5.04. The van der Waals surface area contributed by atoms with Crippen LogP contribution < -0.4 is 5.32 Å². The predicted molar refractivity (Wildman–Crippen MR) is 60.5 cm³/mol. The lowest BCUT2D eigenvalue weighted by Crippen LogP contribution is -2.51. The van der Waals surface area contributed by atoms with Gasteiger partial charge in [-0.3, -0.25) is 0 Å². The number of nitrogens with one attached hydrogen (secondary N) is 1. The molecule has 0 heterocycles. The molecule has 0 radical (unpaired) electrons. The zero-order valence-electron chi connectivity index (χ0n) is 10.1. The third kappa shape index (κ3) is 2.71. The lowest BCUT2D eigenvalue weighted by Gasteiger charge is -2.36. The van der Waals surface area contributed by atoms with Crippen LogP contribution in [0, 0.1) is 5.92 Å². The molecular weight excluding hydrogens is 174 g/mol. The van der Waals surface area contributed by atoms with Crippen LogP contribution in [0.3, 0.4) is 0 Å². The minimum atomic E-state index is 0.0241. The van der Waals surface area contributed by atoms with Crippen LogP contribution in [-0.2, 0) is 4.74 Å². The summed E-state index contributed by atoms with van der Waals surface area (Å²) in [4.78, 5) is 0. The van der Waals surface area contributed by atoms with Crippen LogP contribution in [0.5, 0.6) is 0 Å². The summed E-state index contributed by atoms with van der Waals surface area (Å²) in [5, 5.41) is 3.65. The minimum Gasteiger partial charge on any atom is -0.377 e. The van der Waals surface area contributed by atoms with Crippen molar-refractivity contribution in [3.8, 4) is 0 Å². The average Bonchev–Trinajstić information content (AvgIpc) is 3.02. The molecular formula is C12H25NO. The SMILES string of the molecule is CCCNC(C1CC1)C(C)(CC)OC. The maximum Gasteiger partial charge on any atom is 0.0803 e. The molecule has 2 atom stereocenters. The van der Waals surface area contributed by atoms with E-state index in [-0.39, 0.29) is 5.60 Å². The smallest absolute Gasteiger partial charge is 0.0803 e. The zero-order valence-corrected chi connectivity index (χ0v) is 10.1. The van der Waals surface area contributed by atoms with Gasteiger partial charge in [-0.15, -0.1) is 0 Å². The van der Waals surface area contributed by atoms with E-state index in [1.54, 1.807) is 0 Å². The van der Waals surface area contributed by atoms with Gasteiger partial charge < -0.3 is 10.1 Å². The molecule has 0 saturated heterocycles. The molecule has 1 N–H and O–H groups in total. The maximum atomic E-state index is 5.68. The van der Waals surface area contributed by atoms with Crippen molar-refractivity contribution >= 4 is 0 Å². The van der Waals surface area contributed by atoms with E-state index < -0.39 is 0 Å². The van der Waals surface area contributed by atoms with E-state index in [0.29, 0.717) is 6.04 Å². The van der Waals surface area contributed by atoms with Crippen molar-refractivity contribution < 1.29 is 4.74 Å². The highest BCUT2D eigenvalue weighted by Crippen LogP contribution is 2.39. The Balaban J connectivity index is 2.54. The van der Waals surface area contributed by atoms with Crippen LogP contribution in [0.2, 0.25) is 0 Å². The number of hydrogen-bond acceptors (Lipinski definition) is 2. The van der Waals surface area contributed by atoms with Crippen LogP contribution in [0.15, 0.2) is 0 Å². The molecule has 0 amide bonds. The third-order valence-electron chi connectivity index (χ3n) is 3.53. The molecule has 0 aromatic rings. The monoisotopic (exact) mass is 199 g/mol. The Morgan fingerprint density at radius 1 is 1.43 bits per heavy atom. The molecule has 1 fully saturated rings. The maximum absolute atomic E-state index is 5.68. The first-order chi connectivity index (χ1) is 6.68. The fourth-order valence-corrected chi connectivity index (χ4v) is 2.10. The van der Waals surface area contributed by atoms with Crippen LogP contribution >= 0.6 is 0 Å². The van der Waals surface area contributed by atoms with Gasteiger partial charge in [0.15, 0.2) is 0 Å². The molecule has 2 unspecified atom stereocenters. The van der Waals surface area contributed by atoms with Crippen LogP contribution in [0.25, 0.3) is 0 Å². The second-order valence-corrected chi connectivity index (χ2v) is 4.64. The van der Waals surface area contributed by atoms with Gasteiger partial charge in [0.25, 0.3) is 0 Å². The van der Waals surface area contributed by atoms with E-state index in [4.69, 9.17) is 4.74 Å². The molecule has 1 aliphatic rings. The lowest BCUT2D eigenvalue weighted by molar-refractivity contribution is -0.0349. The summed E-state index contributed by atoms with van der Waals surface area (Å²) in [6, 6.07) is 0.553. The van der Waals surface area contributed by atoms with Crippen molar-refractivity contribution in [3.63, 3.8) is 0 Å². The highest BCUT2D eigenvalue weighted by molar-refractivity contribution is 4.98. The number of rotatable bonds is 7. The molecule has 14 heavy (non-hydrogen) atoms. The average molecular weight is 199 g/mol. The summed E-state index contributed by atoms with van der Waals surface area (Å²) in [5.41, 5.74) is 0.0241. The molecule has 1 saturated carbocycles. The molecule has 2 nitrogen and oxygen atoms in total. The Kier molecular flexibility index (Phi) is 4.39. The summed E-state index contributed by atoms with van der Waals surface area (Å²) < 4.78 is 5.68. The van der Waals surface area contributed by atoms with Crippen molar-refractivity contribution in [2.24, 2.45) is 5.92 Å². The van der Waals surface area contributed by atoms with Gasteiger partial charge in [-0.2, -0.15) is 0 Å². The van der Waals surface area contributed by atoms with Crippen molar-refractivity contribution in [3.05, 3.63) is 0 Å². The fourth-order valence-electron chi connectivity index (χ4n) is 2.10. The van der Waals surface area contributed by atoms with Gasteiger partial charge in [0.1, 0.15) is 0 Å². The van der Waals surface area contributed by atoms with E-state index in [2.05, 4.69) is 26.1 Å². The molecule has 0 aromatic heterocycles. The van der Waals surface area contributed by atoms with Gasteiger partial charge in [0, 0.05) is 13.2 Å². The van der Waals surface area contributed by atoms with E-state index in [1.165, 1.54) is 19.3 Å². The van der Waals surface area contributed by atoms with Gasteiger partial charge in [-0.25, -0.2) is 0 Å². The fraction of sp³-hybridized carbons (Fsp3) is 1.00. The number of hydrogen-bond donors (Lipinski definition) is 1. The van der Waals surface area contributed by atoms with Crippen LogP contribution in [0.4, 0.5) is 0 Å². The number of ether oxygens (including phenoxy) is 1. The normalized spacial score (nSPS) is 23.1. The second kappa shape index (κ2) is 5.13. The lowest BCUT2D eigenvalue weighted by atomic mass is 9.89. The Morgan fingerprint density at radius 3 is 2.43 bits per heavy atom. The van der Waals surface area contributed by atoms with Crippen molar-refractivity contribution in [1.29, 1.82) is 0 Å².